The first-order chi connectivity index (χ1) is 28.1. The molecule has 0 amide bonds. The first-order valence-corrected chi connectivity index (χ1v) is 20.3. The molecular formula is C54H36N2S. The van der Waals surface area contributed by atoms with Crippen molar-refractivity contribution in [1.29, 1.82) is 0 Å². The minimum Gasteiger partial charge on any atom is -0.228 e. The Bertz CT molecular complexity index is 3110. The summed E-state index contributed by atoms with van der Waals surface area (Å²) in [5, 5.41) is 2.60. The van der Waals surface area contributed by atoms with E-state index in [0.717, 1.165) is 33.6 Å². The van der Waals surface area contributed by atoms with Gasteiger partial charge in [-0.15, -0.1) is 11.3 Å². The molecule has 2 heterocycles. The maximum Gasteiger partial charge on any atom is 0.160 e. The Balaban J connectivity index is 1.01. The monoisotopic (exact) mass is 744 g/mol. The zero-order valence-corrected chi connectivity index (χ0v) is 32.2. The molecule has 1 aliphatic carbocycles. The molecule has 0 atom stereocenters. The van der Waals surface area contributed by atoms with Crippen molar-refractivity contribution in [3.63, 3.8) is 0 Å². The van der Waals surface area contributed by atoms with Gasteiger partial charge in [-0.05, 0) is 87.3 Å². The first-order valence-electron chi connectivity index (χ1n) is 19.5. The quantitative estimate of drug-likeness (QED) is 0.169. The van der Waals surface area contributed by atoms with Gasteiger partial charge in [-0.25, -0.2) is 9.97 Å². The van der Waals surface area contributed by atoms with Gasteiger partial charge in [-0.1, -0.05) is 170 Å². The summed E-state index contributed by atoms with van der Waals surface area (Å²) in [6, 6.07) is 72.2. The van der Waals surface area contributed by atoms with E-state index in [-0.39, 0.29) is 5.41 Å². The van der Waals surface area contributed by atoms with Crippen molar-refractivity contribution in [2.75, 3.05) is 0 Å². The van der Waals surface area contributed by atoms with Gasteiger partial charge in [-0.3, -0.25) is 0 Å². The van der Waals surface area contributed by atoms with Gasteiger partial charge in [0.05, 0.1) is 11.4 Å². The lowest BCUT2D eigenvalue weighted by molar-refractivity contribution is 0.714. The Hall–Kier alpha value is -6.94. The number of aromatic nitrogens is 2. The molecule has 0 fully saturated rings. The van der Waals surface area contributed by atoms with Crippen LogP contribution in [0.5, 0.6) is 0 Å². The van der Waals surface area contributed by atoms with Crippen molar-refractivity contribution in [2.45, 2.75) is 12.3 Å². The van der Waals surface area contributed by atoms with E-state index >= 15 is 0 Å². The van der Waals surface area contributed by atoms with E-state index in [1.54, 1.807) is 0 Å². The van der Waals surface area contributed by atoms with Gasteiger partial charge in [0.25, 0.3) is 0 Å². The van der Waals surface area contributed by atoms with E-state index < -0.39 is 0 Å². The van der Waals surface area contributed by atoms with Crippen molar-refractivity contribution < 1.29 is 0 Å². The van der Waals surface area contributed by atoms with Crippen LogP contribution in [0.15, 0.2) is 200 Å². The van der Waals surface area contributed by atoms with E-state index in [1.165, 1.54) is 64.7 Å². The second-order valence-electron chi connectivity index (χ2n) is 15.1. The van der Waals surface area contributed by atoms with Crippen molar-refractivity contribution in [2.24, 2.45) is 0 Å². The second kappa shape index (κ2) is 13.4. The Morgan fingerprint density at radius 2 is 0.895 bits per heavy atom. The molecule has 1 aliphatic rings. The third-order valence-electron chi connectivity index (χ3n) is 11.8. The number of hydrogen-bond acceptors (Lipinski definition) is 3. The molecule has 10 aromatic rings. The molecule has 0 saturated heterocycles. The Kier molecular flexibility index (Phi) is 7.84. The van der Waals surface area contributed by atoms with Gasteiger partial charge in [0.1, 0.15) is 0 Å². The molecule has 8 aromatic carbocycles. The summed E-state index contributed by atoms with van der Waals surface area (Å²) in [5.74, 6) is 0.707. The van der Waals surface area contributed by atoms with Gasteiger partial charge >= 0.3 is 0 Å². The van der Waals surface area contributed by atoms with E-state index in [4.69, 9.17) is 9.97 Å². The highest BCUT2D eigenvalue weighted by molar-refractivity contribution is 7.26. The molecule has 2 nitrogen and oxygen atoms in total. The predicted molar refractivity (Wildman–Crippen MR) is 240 cm³/mol. The summed E-state index contributed by atoms with van der Waals surface area (Å²) < 4.78 is 2.61. The zero-order valence-electron chi connectivity index (χ0n) is 31.4. The molecule has 3 heteroatoms. The third kappa shape index (κ3) is 5.54. The Morgan fingerprint density at radius 1 is 0.386 bits per heavy atom. The van der Waals surface area contributed by atoms with Crippen molar-refractivity contribution in [1.82, 2.24) is 9.97 Å². The fraction of sp³-hybridized carbons (Fsp3) is 0.0370. The maximum absolute atomic E-state index is 5.21. The summed E-state index contributed by atoms with van der Waals surface area (Å²) in [4.78, 5) is 10.4. The standard InChI is InChI=1S/C54H36N2S/c1-54(47-28-8-5-23-43(47)44-24-6-9-29-48(44)54)41-22-13-18-37(33-41)36-17-11-20-39(31-36)49-34-50(56-53(55-49)35-15-3-2-4-16-35)40-21-12-19-38(32-40)42-26-14-27-46-45-25-7-10-30-51(45)57-52(42)46/h2-34H,1H3. The van der Waals surface area contributed by atoms with Crippen LogP contribution in [0, 0.1) is 0 Å². The molecule has 11 rings (SSSR count). The number of nitrogens with zero attached hydrogens (tertiary/aromatic N) is 2. The van der Waals surface area contributed by atoms with Crippen LogP contribution in [-0.4, -0.2) is 9.97 Å². The second-order valence-corrected chi connectivity index (χ2v) is 16.1. The molecule has 2 aromatic heterocycles. The Morgan fingerprint density at radius 3 is 1.63 bits per heavy atom. The SMILES string of the molecule is CC1(c2cccc(-c3cccc(-c4cc(-c5cccc(-c6cccc7c6sc6ccccc67)c5)nc(-c5ccccc5)n4)c3)c2)c2ccccc2-c2ccccc21. The van der Waals surface area contributed by atoms with Gasteiger partial charge in [-0.2, -0.15) is 0 Å². The van der Waals surface area contributed by atoms with E-state index in [0.29, 0.717) is 5.82 Å². The Labute approximate surface area is 336 Å². The van der Waals surface area contributed by atoms with Crippen LogP contribution in [-0.2, 0) is 5.41 Å². The summed E-state index contributed by atoms with van der Waals surface area (Å²) in [6.07, 6.45) is 0. The summed E-state index contributed by atoms with van der Waals surface area (Å²) in [5.41, 5.74) is 16.0. The molecule has 0 bridgehead atoms. The summed E-state index contributed by atoms with van der Waals surface area (Å²) in [6.45, 7) is 2.37. The van der Waals surface area contributed by atoms with Gasteiger partial charge in [0, 0.05) is 42.3 Å². The smallest absolute Gasteiger partial charge is 0.160 e. The van der Waals surface area contributed by atoms with Crippen LogP contribution >= 0.6 is 11.3 Å². The van der Waals surface area contributed by atoms with Crippen LogP contribution < -0.4 is 0 Å². The molecule has 0 radical (unpaired) electrons. The molecule has 268 valence electrons. The summed E-state index contributed by atoms with van der Waals surface area (Å²) in [7, 11) is 0. The molecule has 0 saturated carbocycles. The summed E-state index contributed by atoms with van der Waals surface area (Å²) >= 11 is 1.86. The van der Waals surface area contributed by atoms with E-state index in [1.807, 2.05) is 29.5 Å². The average molecular weight is 745 g/mol. The van der Waals surface area contributed by atoms with Gasteiger partial charge in [0.2, 0.25) is 0 Å². The molecule has 0 unspecified atom stereocenters. The number of fused-ring (bicyclic) bond motifs is 6. The number of thiophene rings is 1. The van der Waals surface area contributed by atoms with Gasteiger partial charge in [0.15, 0.2) is 5.82 Å². The molecule has 57 heavy (non-hydrogen) atoms. The van der Waals surface area contributed by atoms with Crippen LogP contribution in [0.3, 0.4) is 0 Å². The highest BCUT2D eigenvalue weighted by atomic mass is 32.1. The highest BCUT2D eigenvalue weighted by Crippen LogP contribution is 2.52. The lowest BCUT2D eigenvalue weighted by Crippen LogP contribution is -2.22. The zero-order chi connectivity index (χ0) is 37.9. The number of hydrogen-bond donors (Lipinski definition) is 0. The number of rotatable bonds is 6. The van der Waals surface area contributed by atoms with Crippen molar-refractivity contribution in [3.05, 3.63) is 217 Å². The van der Waals surface area contributed by atoms with Crippen molar-refractivity contribution in [3.8, 4) is 67.3 Å². The molecule has 0 N–H and O–H groups in total. The average Bonchev–Trinajstić information content (AvgIpc) is 3.80. The van der Waals surface area contributed by atoms with Crippen LogP contribution in [0.2, 0.25) is 0 Å². The lowest BCUT2D eigenvalue weighted by Gasteiger charge is -2.28. The maximum atomic E-state index is 5.21. The van der Waals surface area contributed by atoms with Crippen molar-refractivity contribution >= 4 is 31.5 Å². The highest BCUT2D eigenvalue weighted by Gasteiger charge is 2.40. The largest absolute Gasteiger partial charge is 0.228 e. The van der Waals surface area contributed by atoms with E-state index in [9.17, 15) is 0 Å². The fourth-order valence-corrected chi connectivity index (χ4v) is 10.2. The normalized spacial score (nSPS) is 12.8. The van der Waals surface area contributed by atoms with E-state index in [2.05, 4.69) is 189 Å². The minimum atomic E-state index is -0.260. The molecule has 0 aliphatic heterocycles. The first kappa shape index (κ1) is 33.4. The minimum absolute atomic E-state index is 0.260. The van der Waals surface area contributed by atoms with Crippen LogP contribution in [0.1, 0.15) is 23.6 Å². The molecule has 0 spiro atoms. The van der Waals surface area contributed by atoms with Crippen LogP contribution in [0.4, 0.5) is 0 Å². The predicted octanol–water partition coefficient (Wildman–Crippen LogP) is 14.5. The molecular weight excluding hydrogens is 709 g/mol. The number of benzene rings is 8. The lowest BCUT2D eigenvalue weighted by atomic mass is 9.74. The third-order valence-corrected chi connectivity index (χ3v) is 13.0. The topological polar surface area (TPSA) is 25.8 Å². The fourth-order valence-electron chi connectivity index (χ4n) is 8.91. The van der Waals surface area contributed by atoms with Crippen LogP contribution in [0.25, 0.3) is 87.5 Å². The van der Waals surface area contributed by atoms with Gasteiger partial charge < -0.3 is 0 Å².